The quantitative estimate of drug-likeness (QED) is 0.500. The van der Waals surface area contributed by atoms with Crippen molar-refractivity contribution in [1.82, 2.24) is 0 Å². The second kappa shape index (κ2) is 2.92. The van der Waals surface area contributed by atoms with Gasteiger partial charge in [0.1, 0.15) is 4.88 Å². The predicted octanol–water partition coefficient (Wildman–Crippen LogP) is 2.00. The van der Waals surface area contributed by atoms with Crippen LogP contribution >= 0.6 is 11.3 Å². The third-order valence-electron chi connectivity index (χ3n) is 2.04. The Kier molecular flexibility index (Phi) is 1.88. The highest BCUT2D eigenvalue weighted by molar-refractivity contribution is 7.18. The zero-order valence-electron chi connectivity index (χ0n) is 7.57. The van der Waals surface area contributed by atoms with Gasteiger partial charge in [-0.05, 0) is 6.07 Å². The van der Waals surface area contributed by atoms with Gasteiger partial charge in [-0.25, -0.2) is 0 Å². The Morgan fingerprint density at radius 2 is 2.23 bits per heavy atom. The Labute approximate surface area is 80.5 Å². The van der Waals surface area contributed by atoms with Crippen molar-refractivity contribution in [3.05, 3.63) is 35.0 Å². The van der Waals surface area contributed by atoms with Crippen LogP contribution in [-0.2, 0) is 0 Å². The van der Waals surface area contributed by atoms with E-state index in [1.54, 1.807) is 18.3 Å². The summed E-state index contributed by atoms with van der Waals surface area (Å²) < 4.78 is 2.04. The SMILES string of the molecule is CC(=O)c1sc2cccc[n+]2c1C. The van der Waals surface area contributed by atoms with E-state index in [9.17, 15) is 4.79 Å². The average Bonchev–Trinajstić information content (AvgIpc) is 2.45. The van der Waals surface area contributed by atoms with Crippen LogP contribution < -0.4 is 4.40 Å². The second-order valence-corrected chi connectivity index (χ2v) is 4.01. The van der Waals surface area contributed by atoms with E-state index in [4.69, 9.17) is 0 Å². The molecule has 0 amide bonds. The van der Waals surface area contributed by atoms with E-state index in [0.29, 0.717) is 0 Å². The fourth-order valence-electron chi connectivity index (χ4n) is 1.40. The number of aryl methyl sites for hydroxylation is 1. The molecule has 0 saturated heterocycles. The van der Waals surface area contributed by atoms with Crippen LogP contribution in [0.15, 0.2) is 24.4 Å². The highest BCUT2D eigenvalue weighted by atomic mass is 32.1. The van der Waals surface area contributed by atoms with Crippen LogP contribution in [0.25, 0.3) is 4.83 Å². The van der Waals surface area contributed by atoms with Gasteiger partial charge in [-0.2, -0.15) is 4.40 Å². The Balaban J connectivity index is 2.81. The van der Waals surface area contributed by atoms with Crippen molar-refractivity contribution in [2.75, 3.05) is 0 Å². The minimum absolute atomic E-state index is 0.145. The first kappa shape index (κ1) is 8.38. The molecule has 0 fully saturated rings. The highest BCUT2D eigenvalue weighted by Gasteiger charge is 2.18. The van der Waals surface area contributed by atoms with Gasteiger partial charge in [0.05, 0.1) is 0 Å². The molecule has 13 heavy (non-hydrogen) atoms. The number of Topliss-reactive ketones (excluding diaryl/α,β-unsaturated/α-hetero) is 1. The molecule has 0 unspecified atom stereocenters. The van der Waals surface area contributed by atoms with Gasteiger partial charge < -0.3 is 0 Å². The highest BCUT2D eigenvalue weighted by Crippen LogP contribution is 2.17. The summed E-state index contributed by atoms with van der Waals surface area (Å²) in [7, 11) is 0. The summed E-state index contributed by atoms with van der Waals surface area (Å²) in [5.41, 5.74) is 1.04. The summed E-state index contributed by atoms with van der Waals surface area (Å²) in [6.07, 6.45) is 1.98. The summed E-state index contributed by atoms with van der Waals surface area (Å²) in [5, 5.41) is 0. The predicted molar refractivity (Wildman–Crippen MR) is 52.2 cm³/mol. The topological polar surface area (TPSA) is 21.2 Å². The third kappa shape index (κ3) is 1.25. The lowest BCUT2D eigenvalue weighted by atomic mass is 10.3. The molecule has 2 nitrogen and oxygen atoms in total. The van der Waals surface area contributed by atoms with Crippen molar-refractivity contribution in [3.63, 3.8) is 0 Å². The zero-order valence-corrected chi connectivity index (χ0v) is 8.39. The number of carbonyl (C=O) groups is 1. The number of rotatable bonds is 1. The van der Waals surface area contributed by atoms with Crippen LogP contribution in [0.5, 0.6) is 0 Å². The smallest absolute Gasteiger partial charge is 0.267 e. The fraction of sp³-hybridized carbons (Fsp3) is 0.200. The van der Waals surface area contributed by atoms with Crippen LogP contribution in [-0.4, -0.2) is 5.78 Å². The molecule has 0 aliphatic rings. The number of fused-ring (bicyclic) bond motifs is 1. The fourth-order valence-corrected chi connectivity index (χ4v) is 2.44. The lowest BCUT2D eigenvalue weighted by Crippen LogP contribution is -2.21. The van der Waals surface area contributed by atoms with Gasteiger partial charge >= 0.3 is 0 Å². The number of pyridine rings is 1. The lowest BCUT2D eigenvalue weighted by molar-refractivity contribution is -0.515. The Morgan fingerprint density at radius 1 is 1.46 bits per heavy atom. The number of ketones is 1. The molecule has 0 saturated carbocycles. The molecule has 2 aromatic rings. The first-order chi connectivity index (χ1) is 6.20. The van der Waals surface area contributed by atoms with E-state index in [-0.39, 0.29) is 5.78 Å². The first-order valence-electron chi connectivity index (χ1n) is 4.11. The summed E-state index contributed by atoms with van der Waals surface area (Å²) in [6.45, 7) is 3.58. The van der Waals surface area contributed by atoms with Gasteiger partial charge in [0.2, 0.25) is 5.69 Å². The summed E-state index contributed by atoms with van der Waals surface area (Å²) in [4.78, 5) is 13.2. The van der Waals surface area contributed by atoms with Crippen LogP contribution in [0.1, 0.15) is 22.3 Å². The van der Waals surface area contributed by atoms with Gasteiger partial charge in [-0.3, -0.25) is 4.79 Å². The second-order valence-electron chi connectivity index (χ2n) is 2.98. The van der Waals surface area contributed by atoms with Crippen molar-refractivity contribution < 1.29 is 9.20 Å². The molecule has 3 heteroatoms. The van der Waals surface area contributed by atoms with Gasteiger partial charge in [-0.15, -0.1) is 0 Å². The van der Waals surface area contributed by atoms with Crippen molar-refractivity contribution in [2.24, 2.45) is 0 Å². The molecule has 0 radical (unpaired) electrons. The summed E-state index contributed by atoms with van der Waals surface area (Å²) in [6, 6.07) is 5.97. The minimum Gasteiger partial charge on any atom is -0.293 e. The van der Waals surface area contributed by atoms with Gasteiger partial charge in [0.15, 0.2) is 12.0 Å². The summed E-state index contributed by atoms with van der Waals surface area (Å²) >= 11 is 1.55. The van der Waals surface area contributed by atoms with Crippen LogP contribution in [0.2, 0.25) is 0 Å². The van der Waals surface area contributed by atoms with E-state index in [0.717, 1.165) is 15.4 Å². The van der Waals surface area contributed by atoms with Crippen LogP contribution in [0.4, 0.5) is 0 Å². The number of thiazole rings is 1. The zero-order chi connectivity index (χ0) is 9.42. The normalized spacial score (nSPS) is 10.6. The molecule has 0 N–H and O–H groups in total. The van der Waals surface area contributed by atoms with Crippen molar-refractivity contribution >= 4 is 22.0 Å². The molecular formula is C10H10NOS+. The number of carbonyl (C=O) groups excluding carboxylic acids is 1. The largest absolute Gasteiger partial charge is 0.293 e. The first-order valence-corrected chi connectivity index (χ1v) is 4.92. The number of nitrogens with zero attached hydrogens (tertiary/aromatic N) is 1. The average molecular weight is 192 g/mol. The lowest BCUT2D eigenvalue weighted by Gasteiger charge is -1.84. The van der Waals surface area contributed by atoms with Crippen LogP contribution in [0.3, 0.4) is 0 Å². The number of hydrogen-bond donors (Lipinski definition) is 0. The molecule has 0 aliphatic carbocycles. The van der Waals surface area contributed by atoms with E-state index in [2.05, 4.69) is 0 Å². The van der Waals surface area contributed by atoms with E-state index in [1.165, 1.54) is 0 Å². The van der Waals surface area contributed by atoms with Crippen molar-refractivity contribution in [3.8, 4) is 0 Å². The molecule has 0 spiro atoms. The number of aromatic nitrogens is 1. The molecule has 2 rings (SSSR count). The maximum atomic E-state index is 11.2. The molecule has 0 atom stereocenters. The monoisotopic (exact) mass is 192 g/mol. The van der Waals surface area contributed by atoms with E-state index in [1.807, 2.05) is 35.7 Å². The van der Waals surface area contributed by atoms with Crippen molar-refractivity contribution in [1.29, 1.82) is 0 Å². The van der Waals surface area contributed by atoms with Gasteiger partial charge in [0, 0.05) is 26.0 Å². The molecule has 66 valence electrons. The standard InChI is InChI=1S/C10H10NOS/c1-7-10(8(2)12)13-9-5-3-4-6-11(7)9/h3-6H,1-2H3/q+1. The third-order valence-corrected chi connectivity index (χ3v) is 3.37. The van der Waals surface area contributed by atoms with E-state index >= 15 is 0 Å². The summed E-state index contributed by atoms with van der Waals surface area (Å²) in [5.74, 6) is 0.145. The molecule has 0 bridgehead atoms. The number of hydrogen-bond acceptors (Lipinski definition) is 2. The maximum absolute atomic E-state index is 11.2. The van der Waals surface area contributed by atoms with Crippen LogP contribution in [0, 0.1) is 6.92 Å². The minimum atomic E-state index is 0.145. The van der Waals surface area contributed by atoms with Gasteiger partial charge in [0.25, 0.3) is 4.83 Å². The Hall–Kier alpha value is -1.22. The molecule has 2 heterocycles. The molecule has 0 aliphatic heterocycles. The van der Waals surface area contributed by atoms with Crippen molar-refractivity contribution in [2.45, 2.75) is 13.8 Å². The maximum Gasteiger partial charge on any atom is 0.267 e. The molecular weight excluding hydrogens is 182 g/mol. The molecule has 0 aromatic carbocycles. The van der Waals surface area contributed by atoms with Gasteiger partial charge in [-0.1, -0.05) is 11.3 Å². The molecule has 2 aromatic heterocycles. The Bertz CT molecular complexity index is 473. The Morgan fingerprint density at radius 3 is 2.85 bits per heavy atom. The van der Waals surface area contributed by atoms with E-state index < -0.39 is 0 Å².